The predicted molar refractivity (Wildman–Crippen MR) is 77.1 cm³/mol. The van der Waals surface area contributed by atoms with E-state index < -0.39 is 27.2 Å². The number of benzene rings is 1. The molecular formula is C14H21NO3S. The lowest BCUT2D eigenvalue weighted by Crippen LogP contribution is -2.52. The molecule has 0 aliphatic rings. The quantitative estimate of drug-likeness (QED) is 0.872. The fraction of sp³-hybridized carbons (Fsp3) is 0.500. The number of rotatable bonds is 5. The molecule has 0 saturated carbocycles. The van der Waals surface area contributed by atoms with Gasteiger partial charge in [0.05, 0.1) is 15.7 Å². The molecular weight excluding hydrogens is 262 g/mol. The number of aliphatic carboxylic acids is 1. The van der Waals surface area contributed by atoms with Gasteiger partial charge in [0.25, 0.3) is 0 Å². The minimum Gasteiger partial charge on any atom is -0.480 e. The maximum atomic E-state index is 12.3. The Balaban J connectivity index is 3.22. The molecule has 0 aliphatic heterocycles. The number of carboxylic acid groups (broad SMARTS) is 1. The van der Waals surface area contributed by atoms with Gasteiger partial charge in [-0.15, -0.1) is 0 Å². The molecule has 2 atom stereocenters. The van der Waals surface area contributed by atoms with Gasteiger partial charge >= 0.3 is 5.97 Å². The molecule has 106 valence electrons. The van der Waals surface area contributed by atoms with Crippen LogP contribution < -0.4 is 4.72 Å². The Hall–Kier alpha value is -1.20. The largest absolute Gasteiger partial charge is 0.480 e. The summed E-state index contributed by atoms with van der Waals surface area (Å²) in [5, 5.41) is 9.59. The minimum atomic E-state index is -1.46. The number of nitrogens with one attached hydrogen (secondary N) is 1. The second-order valence-electron chi connectivity index (χ2n) is 5.41. The fourth-order valence-electron chi connectivity index (χ4n) is 1.69. The second kappa shape index (κ2) is 5.84. The zero-order valence-corrected chi connectivity index (χ0v) is 12.6. The van der Waals surface area contributed by atoms with Crippen LogP contribution in [0.2, 0.25) is 0 Å². The van der Waals surface area contributed by atoms with Crippen LogP contribution in [0.4, 0.5) is 0 Å². The zero-order valence-electron chi connectivity index (χ0n) is 11.8. The van der Waals surface area contributed by atoms with Crippen molar-refractivity contribution in [2.75, 3.05) is 0 Å². The number of hydrogen-bond donors (Lipinski definition) is 2. The highest BCUT2D eigenvalue weighted by Crippen LogP contribution is 2.27. The molecule has 4 nitrogen and oxygen atoms in total. The van der Waals surface area contributed by atoms with Crippen molar-refractivity contribution >= 4 is 17.0 Å². The van der Waals surface area contributed by atoms with Crippen LogP contribution >= 0.6 is 0 Å². The summed E-state index contributed by atoms with van der Waals surface area (Å²) in [5.41, 5.74) is -0.707. The van der Waals surface area contributed by atoms with E-state index in [4.69, 9.17) is 0 Å². The van der Waals surface area contributed by atoms with E-state index in [-0.39, 0.29) is 0 Å². The van der Waals surface area contributed by atoms with Gasteiger partial charge in [-0.25, -0.2) is 13.7 Å². The summed E-state index contributed by atoms with van der Waals surface area (Å²) in [6.45, 7) is 7.20. The van der Waals surface area contributed by atoms with Crippen molar-refractivity contribution in [1.82, 2.24) is 4.72 Å². The van der Waals surface area contributed by atoms with Gasteiger partial charge < -0.3 is 5.11 Å². The molecule has 0 amide bonds. The highest BCUT2D eigenvalue weighted by atomic mass is 32.2. The van der Waals surface area contributed by atoms with Crippen LogP contribution in [0, 0.1) is 0 Å². The Kier molecular flexibility index (Phi) is 4.87. The van der Waals surface area contributed by atoms with E-state index in [1.807, 2.05) is 26.8 Å². The SMILES string of the molecule is CCC(NS(=O)C(C)(C)C)(C(=O)O)c1ccccc1. The predicted octanol–water partition coefficient (Wildman–Crippen LogP) is 2.43. The topological polar surface area (TPSA) is 66.4 Å². The first-order chi connectivity index (χ1) is 8.74. The van der Waals surface area contributed by atoms with Gasteiger partial charge in [0, 0.05) is 0 Å². The Morgan fingerprint density at radius 2 is 1.79 bits per heavy atom. The van der Waals surface area contributed by atoms with Crippen molar-refractivity contribution in [2.45, 2.75) is 44.4 Å². The summed E-state index contributed by atoms with van der Waals surface area (Å²) in [7, 11) is -1.46. The van der Waals surface area contributed by atoms with Crippen LogP contribution in [0.1, 0.15) is 39.7 Å². The van der Waals surface area contributed by atoms with Crippen molar-refractivity contribution < 1.29 is 14.1 Å². The third-order valence-electron chi connectivity index (χ3n) is 2.99. The smallest absolute Gasteiger partial charge is 0.329 e. The van der Waals surface area contributed by atoms with E-state index in [9.17, 15) is 14.1 Å². The number of carboxylic acids is 1. The molecule has 0 aliphatic carbocycles. The third-order valence-corrected chi connectivity index (χ3v) is 4.63. The summed E-state index contributed by atoms with van der Waals surface area (Å²) in [6.07, 6.45) is 0.314. The van der Waals surface area contributed by atoms with Gasteiger partial charge in [-0.05, 0) is 32.8 Å². The minimum absolute atomic E-state index is 0.314. The molecule has 19 heavy (non-hydrogen) atoms. The average Bonchev–Trinajstić information content (AvgIpc) is 2.35. The third kappa shape index (κ3) is 3.42. The van der Waals surface area contributed by atoms with Gasteiger partial charge in [0.2, 0.25) is 0 Å². The molecule has 1 rings (SSSR count). The fourth-order valence-corrected chi connectivity index (χ4v) is 2.66. The van der Waals surface area contributed by atoms with Crippen LogP contribution in [0.15, 0.2) is 30.3 Å². The summed E-state index contributed by atoms with van der Waals surface area (Å²) >= 11 is 0. The van der Waals surface area contributed by atoms with Crippen LogP contribution in [0.5, 0.6) is 0 Å². The van der Waals surface area contributed by atoms with E-state index in [1.165, 1.54) is 0 Å². The molecule has 0 radical (unpaired) electrons. The lowest BCUT2D eigenvalue weighted by atomic mass is 9.88. The molecule has 2 unspecified atom stereocenters. The summed E-state index contributed by atoms with van der Waals surface area (Å²) < 4.78 is 14.5. The van der Waals surface area contributed by atoms with Crippen molar-refractivity contribution in [3.8, 4) is 0 Å². The Bertz CT molecular complexity index is 467. The monoisotopic (exact) mass is 283 g/mol. The van der Waals surface area contributed by atoms with E-state index >= 15 is 0 Å². The van der Waals surface area contributed by atoms with Crippen molar-refractivity contribution in [3.05, 3.63) is 35.9 Å². The normalized spacial score (nSPS) is 16.6. The average molecular weight is 283 g/mol. The molecule has 0 saturated heterocycles. The van der Waals surface area contributed by atoms with Gasteiger partial charge in [-0.2, -0.15) is 0 Å². The summed E-state index contributed by atoms with van der Waals surface area (Å²) in [6, 6.07) is 8.87. The molecule has 0 heterocycles. The van der Waals surface area contributed by atoms with Crippen LogP contribution in [0.3, 0.4) is 0 Å². The molecule has 1 aromatic rings. The highest BCUT2D eigenvalue weighted by molar-refractivity contribution is 7.84. The van der Waals surface area contributed by atoms with E-state index in [0.29, 0.717) is 12.0 Å². The first-order valence-corrected chi connectivity index (χ1v) is 7.37. The Morgan fingerprint density at radius 3 is 2.16 bits per heavy atom. The van der Waals surface area contributed by atoms with Crippen molar-refractivity contribution in [1.29, 1.82) is 0 Å². The van der Waals surface area contributed by atoms with Crippen LogP contribution in [-0.2, 0) is 21.3 Å². The summed E-state index contributed by atoms with van der Waals surface area (Å²) in [4.78, 5) is 11.7. The molecule has 0 aromatic heterocycles. The molecule has 0 spiro atoms. The van der Waals surface area contributed by atoms with Crippen molar-refractivity contribution in [3.63, 3.8) is 0 Å². The maximum Gasteiger partial charge on any atom is 0.329 e. The van der Waals surface area contributed by atoms with Gasteiger partial charge in [0.15, 0.2) is 5.54 Å². The standard InChI is InChI=1S/C14H21NO3S/c1-5-14(12(16)17,11-9-7-6-8-10-11)15-19(18)13(2,3)4/h6-10,15H,5H2,1-4H3,(H,16,17). The van der Waals surface area contributed by atoms with Gasteiger partial charge in [0.1, 0.15) is 0 Å². The highest BCUT2D eigenvalue weighted by Gasteiger charge is 2.41. The van der Waals surface area contributed by atoms with Crippen LogP contribution in [0.25, 0.3) is 0 Å². The lowest BCUT2D eigenvalue weighted by molar-refractivity contribution is -0.144. The number of hydrogen-bond acceptors (Lipinski definition) is 2. The summed E-state index contributed by atoms with van der Waals surface area (Å²) in [5.74, 6) is -1.01. The van der Waals surface area contributed by atoms with Crippen LogP contribution in [-0.4, -0.2) is 20.0 Å². The van der Waals surface area contributed by atoms with E-state index in [1.54, 1.807) is 31.2 Å². The molecule has 1 aromatic carbocycles. The van der Waals surface area contributed by atoms with E-state index in [0.717, 1.165) is 0 Å². The van der Waals surface area contributed by atoms with Crippen molar-refractivity contribution in [2.24, 2.45) is 0 Å². The maximum absolute atomic E-state index is 12.3. The molecule has 2 N–H and O–H groups in total. The zero-order chi connectivity index (χ0) is 14.7. The van der Waals surface area contributed by atoms with Gasteiger partial charge in [-0.1, -0.05) is 37.3 Å². The first-order valence-electron chi connectivity index (χ1n) is 6.22. The molecule has 0 fully saturated rings. The Labute approximate surface area is 116 Å². The molecule has 0 bridgehead atoms. The lowest BCUT2D eigenvalue weighted by Gasteiger charge is -2.32. The first kappa shape index (κ1) is 15.9. The van der Waals surface area contributed by atoms with Gasteiger partial charge in [-0.3, -0.25) is 0 Å². The second-order valence-corrected chi connectivity index (χ2v) is 7.38. The molecule has 5 heteroatoms. The van der Waals surface area contributed by atoms with E-state index in [2.05, 4.69) is 4.72 Å². The Morgan fingerprint density at radius 1 is 1.26 bits per heavy atom. The number of carbonyl (C=O) groups is 1.